The average molecular weight is 222 g/mol. The van der Waals surface area contributed by atoms with E-state index in [-0.39, 0.29) is 11.9 Å². The first-order valence-electron chi connectivity index (χ1n) is 5.16. The Bertz CT molecular complexity index is 369. The molecule has 1 amide bonds. The highest BCUT2D eigenvalue weighted by atomic mass is 16.5. The van der Waals surface area contributed by atoms with E-state index in [2.05, 4.69) is 4.98 Å². The fourth-order valence-electron chi connectivity index (χ4n) is 1.74. The minimum absolute atomic E-state index is 0.0669. The van der Waals surface area contributed by atoms with Gasteiger partial charge in [0.15, 0.2) is 0 Å². The van der Waals surface area contributed by atoms with Gasteiger partial charge >= 0.3 is 0 Å². The molecule has 86 valence electrons. The molecule has 0 spiro atoms. The molecule has 1 aliphatic rings. The highest BCUT2D eigenvalue weighted by Gasteiger charge is 2.36. The monoisotopic (exact) mass is 222 g/mol. The second kappa shape index (κ2) is 4.49. The number of aromatic nitrogens is 1. The normalized spacial score (nSPS) is 24.9. The van der Waals surface area contributed by atoms with E-state index in [0.29, 0.717) is 18.8 Å². The maximum absolute atomic E-state index is 11.3. The number of carbonyl (C=O) groups is 1. The van der Waals surface area contributed by atoms with E-state index in [9.17, 15) is 9.90 Å². The van der Waals surface area contributed by atoms with Crippen molar-refractivity contribution in [3.8, 4) is 5.75 Å². The van der Waals surface area contributed by atoms with Crippen molar-refractivity contribution in [1.29, 1.82) is 0 Å². The van der Waals surface area contributed by atoms with Crippen LogP contribution in [0.15, 0.2) is 24.5 Å². The third kappa shape index (κ3) is 2.14. The van der Waals surface area contributed by atoms with Crippen molar-refractivity contribution in [3.63, 3.8) is 0 Å². The molecule has 0 bridgehead atoms. The molecule has 1 saturated heterocycles. The number of ether oxygens (including phenoxy) is 1. The number of carbonyl (C=O) groups excluding carboxylic acids is 1. The van der Waals surface area contributed by atoms with Gasteiger partial charge in [-0.05, 0) is 12.1 Å². The van der Waals surface area contributed by atoms with Crippen molar-refractivity contribution in [2.45, 2.75) is 18.6 Å². The lowest BCUT2D eigenvalue weighted by molar-refractivity contribution is -0.134. The molecular weight excluding hydrogens is 208 g/mol. The van der Waals surface area contributed by atoms with Gasteiger partial charge in [-0.3, -0.25) is 9.78 Å². The quantitative estimate of drug-likeness (QED) is 0.785. The molecule has 5 heteroatoms. The second-order valence-electron chi connectivity index (χ2n) is 3.85. The van der Waals surface area contributed by atoms with Gasteiger partial charge in [0.2, 0.25) is 0 Å². The summed E-state index contributed by atoms with van der Waals surface area (Å²) in [5, 5.41) is 9.38. The Morgan fingerprint density at radius 1 is 1.69 bits per heavy atom. The Kier molecular flexibility index (Phi) is 3.05. The minimum atomic E-state index is -0.882. The number of nitrogens with zero attached hydrogens (tertiary/aromatic N) is 2. The van der Waals surface area contributed by atoms with Gasteiger partial charge in [0.25, 0.3) is 5.91 Å². The summed E-state index contributed by atoms with van der Waals surface area (Å²) in [4.78, 5) is 16.8. The highest BCUT2D eigenvalue weighted by Crippen LogP contribution is 2.18. The van der Waals surface area contributed by atoms with Crippen LogP contribution in [0.4, 0.5) is 0 Å². The lowest BCUT2D eigenvalue weighted by Gasteiger charge is -2.19. The molecule has 5 nitrogen and oxygen atoms in total. The van der Waals surface area contributed by atoms with E-state index in [1.165, 1.54) is 4.90 Å². The molecule has 1 aliphatic heterocycles. The summed E-state index contributed by atoms with van der Waals surface area (Å²) >= 11 is 0. The molecule has 0 aromatic carbocycles. The number of rotatable bonds is 3. The van der Waals surface area contributed by atoms with Crippen LogP contribution < -0.4 is 4.74 Å². The summed E-state index contributed by atoms with van der Waals surface area (Å²) in [5.41, 5.74) is 0. The van der Waals surface area contributed by atoms with Crippen LogP contribution in [0.2, 0.25) is 0 Å². The van der Waals surface area contributed by atoms with Crippen molar-refractivity contribution >= 4 is 5.91 Å². The van der Waals surface area contributed by atoms with E-state index >= 15 is 0 Å². The Morgan fingerprint density at radius 2 is 2.50 bits per heavy atom. The smallest absolute Gasteiger partial charge is 0.251 e. The summed E-state index contributed by atoms with van der Waals surface area (Å²) in [6, 6.07) is 3.52. The van der Waals surface area contributed by atoms with Gasteiger partial charge in [0.05, 0.1) is 12.2 Å². The first-order valence-corrected chi connectivity index (χ1v) is 5.16. The van der Waals surface area contributed by atoms with E-state index in [1.807, 2.05) is 0 Å². The fourth-order valence-corrected chi connectivity index (χ4v) is 1.74. The predicted octanol–water partition coefficient (Wildman–Crippen LogP) is 0.0520. The van der Waals surface area contributed by atoms with Crippen LogP contribution in [0.25, 0.3) is 0 Å². The lowest BCUT2D eigenvalue weighted by Crippen LogP contribution is -2.34. The molecule has 0 aliphatic carbocycles. The molecule has 2 heterocycles. The van der Waals surface area contributed by atoms with Crippen molar-refractivity contribution < 1.29 is 14.6 Å². The third-order valence-electron chi connectivity index (χ3n) is 2.75. The SMILES string of the molecule is CN1C(=O)[C@H](O)C[C@H]1COc1cccnc1. The van der Waals surface area contributed by atoms with Gasteiger partial charge in [0, 0.05) is 19.7 Å². The Morgan fingerprint density at radius 3 is 3.06 bits per heavy atom. The van der Waals surface area contributed by atoms with Gasteiger partial charge in [-0.2, -0.15) is 0 Å². The summed E-state index contributed by atoms with van der Waals surface area (Å²) in [6.07, 6.45) is 2.83. The molecular formula is C11H14N2O3. The van der Waals surface area contributed by atoms with Gasteiger partial charge in [-0.25, -0.2) is 0 Å². The first-order chi connectivity index (χ1) is 7.68. The third-order valence-corrected chi connectivity index (χ3v) is 2.75. The van der Waals surface area contributed by atoms with Crippen LogP contribution in [0, 0.1) is 0 Å². The zero-order chi connectivity index (χ0) is 11.5. The van der Waals surface area contributed by atoms with Crippen LogP contribution in [0.3, 0.4) is 0 Å². The second-order valence-corrected chi connectivity index (χ2v) is 3.85. The van der Waals surface area contributed by atoms with Crippen LogP contribution >= 0.6 is 0 Å². The number of likely N-dealkylation sites (tertiary alicyclic amines) is 1. The van der Waals surface area contributed by atoms with Crippen molar-refractivity contribution in [2.24, 2.45) is 0 Å². The van der Waals surface area contributed by atoms with Crippen molar-refractivity contribution in [2.75, 3.05) is 13.7 Å². The van der Waals surface area contributed by atoms with E-state index in [1.54, 1.807) is 31.6 Å². The molecule has 1 fully saturated rings. The summed E-state index contributed by atoms with van der Waals surface area (Å²) in [5.74, 6) is 0.435. The van der Waals surface area contributed by atoms with E-state index in [4.69, 9.17) is 4.74 Å². The molecule has 1 N–H and O–H groups in total. The molecule has 16 heavy (non-hydrogen) atoms. The minimum Gasteiger partial charge on any atom is -0.490 e. The molecule has 1 aromatic rings. The zero-order valence-corrected chi connectivity index (χ0v) is 9.04. The molecule has 0 saturated carbocycles. The Labute approximate surface area is 93.7 Å². The highest BCUT2D eigenvalue weighted by molar-refractivity contribution is 5.83. The number of amides is 1. The topological polar surface area (TPSA) is 62.7 Å². The van der Waals surface area contributed by atoms with Gasteiger partial charge in [-0.15, -0.1) is 0 Å². The zero-order valence-electron chi connectivity index (χ0n) is 9.04. The van der Waals surface area contributed by atoms with Crippen LogP contribution in [-0.2, 0) is 4.79 Å². The summed E-state index contributed by atoms with van der Waals surface area (Å²) < 4.78 is 5.49. The maximum atomic E-state index is 11.3. The van der Waals surface area contributed by atoms with E-state index in [0.717, 1.165) is 0 Å². The van der Waals surface area contributed by atoms with Crippen molar-refractivity contribution in [3.05, 3.63) is 24.5 Å². The fraction of sp³-hybridized carbons (Fsp3) is 0.455. The van der Waals surface area contributed by atoms with Gasteiger partial charge < -0.3 is 14.7 Å². The average Bonchev–Trinajstić information content (AvgIpc) is 2.56. The predicted molar refractivity (Wildman–Crippen MR) is 56.9 cm³/mol. The standard InChI is InChI=1S/C11H14N2O3/c1-13-8(5-10(14)11(13)15)7-16-9-3-2-4-12-6-9/h2-4,6,8,10,14H,5,7H2,1H3/t8-,10+/m0/s1. The number of aliphatic hydroxyl groups excluding tert-OH is 1. The maximum Gasteiger partial charge on any atom is 0.251 e. The number of likely N-dealkylation sites (N-methyl/N-ethyl adjacent to an activating group) is 1. The lowest BCUT2D eigenvalue weighted by atomic mass is 10.2. The number of pyridine rings is 1. The van der Waals surface area contributed by atoms with Crippen LogP contribution in [0.5, 0.6) is 5.75 Å². The molecule has 1 aromatic heterocycles. The molecule has 0 radical (unpaired) electrons. The van der Waals surface area contributed by atoms with Crippen LogP contribution in [0.1, 0.15) is 6.42 Å². The van der Waals surface area contributed by atoms with Crippen LogP contribution in [-0.4, -0.2) is 46.7 Å². The molecule has 2 rings (SSSR count). The van der Waals surface area contributed by atoms with Crippen molar-refractivity contribution in [1.82, 2.24) is 9.88 Å². The first kappa shape index (κ1) is 10.9. The Balaban J connectivity index is 1.90. The molecule has 0 unspecified atom stereocenters. The molecule has 2 atom stereocenters. The number of aliphatic hydroxyl groups is 1. The number of hydrogen-bond acceptors (Lipinski definition) is 4. The summed E-state index contributed by atoms with van der Waals surface area (Å²) in [6.45, 7) is 0.380. The van der Waals surface area contributed by atoms with Gasteiger partial charge in [-0.1, -0.05) is 0 Å². The largest absolute Gasteiger partial charge is 0.490 e. The Hall–Kier alpha value is -1.62. The number of hydrogen-bond donors (Lipinski definition) is 1. The van der Waals surface area contributed by atoms with E-state index < -0.39 is 6.10 Å². The van der Waals surface area contributed by atoms with Gasteiger partial charge in [0.1, 0.15) is 18.5 Å². The summed E-state index contributed by atoms with van der Waals surface area (Å²) in [7, 11) is 1.68.